The average molecular weight is 1210 g/mol. The summed E-state index contributed by atoms with van der Waals surface area (Å²) in [5.41, 5.74) is 0. The molecule has 1 heterocycles. The maximum Gasteiger partial charge on any atom is 0.306 e. The van der Waals surface area contributed by atoms with Crippen LogP contribution in [0.2, 0.25) is 0 Å². The third-order valence-electron chi connectivity index (χ3n) is 16.9. The highest BCUT2D eigenvalue weighted by Crippen LogP contribution is 2.26. The Bertz CT molecular complexity index is 1680. The minimum atomic E-state index is -1.62. The molecule has 0 saturated carbocycles. The van der Waals surface area contributed by atoms with Crippen molar-refractivity contribution < 1.29 is 49.3 Å². The topological polar surface area (TPSA) is 175 Å². The first kappa shape index (κ1) is 81.1. The van der Waals surface area contributed by atoms with Gasteiger partial charge in [0.05, 0.1) is 25.4 Å². The number of rotatable bonds is 62. The van der Waals surface area contributed by atoms with Gasteiger partial charge in [-0.1, -0.05) is 325 Å². The van der Waals surface area contributed by atoms with Gasteiger partial charge in [0.15, 0.2) is 12.4 Å². The fourth-order valence-corrected chi connectivity index (χ4v) is 11.2. The summed E-state index contributed by atoms with van der Waals surface area (Å²) in [4.78, 5) is 26.7. The molecule has 1 aliphatic heterocycles. The minimum absolute atomic E-state index is 0.125. The summed E-state index contributed by atoms with van der Waals surface area (Å²) in [6.45, 7) is 5.71. The van der Waals surface area contributed by atoms with Gasteiger partial charge in [0.25, 0.3) is 0 Å². The van der Waals surface area contributed by atoms with Crippen molar-refractivity contribution >= 4 is 11.9 Å². The van der Waals surface area contributed by atoms with Crippen molar-refractivity contribution in [2.75, 3.05) is 13.2 Å². The van der Waals surface area contributed by atoms with Gasteiger partial charge in [-0.05, 0) is 70.6 Å². The first-order chi connectivity index (χ1) is 42.2. The largest absolute Gasteiger partial charge is 0.454 e. The van der Waals surface area contributed by atoms with Gasteiger partial charge in [-0.2, -0.15) is 0 Å². The molecule has 8 atom stereocenters. The Morgan fingerprint density at radius 1 is 0.465 bits per heavy atom. The van der Waals surface area contributed by atoms with Gasteiger partial charge >= 0.3 is 5.97 Å². The molecule has 0 aromatic heterocycles. The standard InChI is InChI=1S/C75H135NO10/c1-4-7-10-13-16-19-22-25-27-29-31-33-35-37-39-41-43-45-48-51-54-57-60-63-70(80)86-73-72(82)71(81)69(64-77)85-75(73)84-65-66(67(78)61-58-55-52-49-46-24-21-18-15-12-9-6-3)76-74(83)68(79)62-59-56-53-50-47-44-42-40-38-36-34-32-30-28-26-23-20-17-14-11-8-5-2/h8,11,17,20,26,28,32,34,38,40,58,61,66-69,71-73,75,77-79,81-82H,4-7,9-10,12-16,18-19,21-25,27,29-31,33,35-37,39,41-57,59-60,62-65H2,1-3H3,(H,76,83)/b11-8-,20-17-,28-26-,34-32-,40-38-,61-58+. The number of carbonyl (C=O) groups excluding carboxylic acids is 2. The number of aliphatic hydroxyl groups is 5. The van der Waals surface area contributed by atoms with Crippen LogP contribution in [-0.2, 0) is 23.8 Å². The molecule has 0 radical (unpaired) electrons. The van der Waals surface area contributed by atoms with E-state index < -0.39 is 67.4 Å². The molecule has 86 heavy (non-hydrogen) atoms. The molecular formula is C75H135NO10. The predicted molar refractivity (Wildman–Crippen MR) is 361 cm³/mol. The van der Waals surface area contributed by atoms with Crippen LogP contribution < -0.4 is 5.32 Å². The van der Waals surface area contributed by atoms with E-state index in [1.54, 1.807) is 6.08 Å². The van der Waals surface area contributed by atoms with Crippen LogP contribution in [0, 0.1) is 0 Å². The van der Waals surface area contributed by atoms with Crippen LogP contribution in [0.1, 0.15) is 329 Å². The van der Waals surface area contributed by atoms with Crippen LogP contribution in [0.3, 0.4) is 0 Å². The van der Waals surface area contributed by atoms with E-state index in [-0.39, 0.29) is 19.4 Å². The van der Waals surface area contributed by atoms with E-state index in [4.69, 9.17) is 14.2 Å². The number of carbonyl (C=O) groups is 2. The molecule has 1 fully saturated rings. The summed E-state index contributed by atoms with van der Waals surface area (Å²) in [5, 5.41) is 57.3. The zero-order chi connectivity index (χ0) is 62.4. The maximum absolute atomic E-state index is 13.5. The van der Waals surface area contributed by atoms with Gasteiger partial charge in [0.1, 0.15) is 24.4 Å². The summed E-state index contributed by atoms with van der Waals surface area (Å²) in [7, 11) is 0. The van der Waals surface area contributed by atoms with Crippen molar-refractivity contribution in [3.63, 3.8) is 0 Å². The Hall–Kier alpha value is -2.90. The van der Waals surface area contributed by atoms with Gasteiger partial charge < -0.3 is 45.1 Å². The van der Waals surface area contributed by atoms with E-state index in [9.17, 15) is 35.1 Å². The number of hydrogen-bond donors (Lipinski definition) is 6. The third-order valence-corrected chi connectivity index (χ3v) is 16.9. The predicted octanol–water partition coefficient (Wildman–Crippen LogP) is 18.7. The average Bonchev–Trinajstić information content (AvgIpc) is 3.59. The highest BCUT2D eigenvalue weighted by atomic mass is 16.7. The molecule has 1 saturated heterocycles. The van der Waals surface area contributed by atoms with Crippen LogP contribution >= 0.6 is 0 Å². The number of unbranched alkanes of at least 4 members (excludes halogenated alkanes) is 38. The van der Waals surface area contributed by atoms with Gasteiger partial charge in [-0.3, -0.25) is 9.59 Å². The van der Waals surface area contributed by atoms with Crippen LogP contribution in [-0.4, -0.2) is 99.6 Å². The Labute approximate surface area is 528 Å². The lowest BCUT2D eigenvalue weighted by molar-refractivity contribution is -0.305. The van der Waals surface area contributed by atoms with Crippen LogP contribution in [0.4, 0.5) is 0 Å². The van der Waals surface area contributed by atoms with Crippen molar-refractivity contribution in [2.24, 2.45) is 0 Å². The summed E-state index contributed by atoms with van der Waals surface area (Å²) < 4.78 is 17.7. The van der Waals surface area contributed by atoms with E-state index in [0.717, 1.165) is 109 Å². The quantitative estimate of drug-likeness (QED) is 0.0195. The SMILES string of the molecule is CC/C=C\C/C=C\C/C=C\C/C=C\C/C=C\CCCCCCCCC(O)C(=O)NC(COC1OC(CO)C(O)C(O)C1OC(=O)CCCCCCCCCCCCCCCCCCCCCCCCC)C(O)/C=C/CCCCCCCCCCCC. The summed E-state index contributed by atoms with van der Waals surface area (Å²) >= 11 is 0. The summed E-state index contributed by atoms with van der Waals surface area (Å²) in [6.07, 6.45) is 70.9. The fourth-order valence-electron chi connectivity index (χ4n) is 11.2. The second kappa shape index (κ2) is 62.3. The van der Waals surface area contributed by atoms with Crippen molar-refractivity contribution in [1.29, 1.82) is 0 Å². The van der Waals surface area contributed by atoms with E-state index >= 15 is 0 Å². The molecule has 0 bridgehead atoms. The maximum atomic E-state index is 13.5. The second-order valence-corrected chi connectivity index (χ2v) is 24.9. The first-order valence-electron chi connectivity index (χ1n) is 36.2. The van der Waals surface area contributed by atoms with E-state index in [1.807, 2.05) is 6.08 Å². The molecule has 11 heteroatoms. The highest BCUT2D eigenvalue weighted by molar-refractivity contribution is 5.80. The molecule has 1 rings (SSSR count). The molecule has 8 unspecified atom stereocenters. The van der Waals surface area contributed by atoms with Crippen LogP contribution in [0.25, 0.3) is 0 Å². The molecule has 1 amide bonds. The highest BCUT2D eigenvalue weighted by Gasteiger charge is 2.47. The Morgan fingerprint density at radius 3 is 1.26 bits per heavy atom. The lowest BCUT2D eigenvalue weighted by atomic mass is 9.99. The van der Waals surface area contributed by atoms with Crippen molar-refractivity contribution in [3.8, 4) is 0 Å². The fraction of sp³-hybridized carbons (Fsp3) is 0.813. The normalized spacial score (nSPS) is 18.7. The van der Waals surface area contributed by atoms with E-state index in [2.05, 4.69) is 86.8 Å². The summed E-state index contributed by atoms with van der Waals surface area (Å²) in [5.74, 6) is -1.20. The van der Waals surface area contributed by atoms with Crippen LogP contribution in [0.5, 0.6) is 0 Å². The van der Waals surface area contributed by atoms with Gasteiger partial charge in [0.2, 0.25) is 5.91 Å². The molecule has 0 aromatic rings. The molecule has 0 spiro atoms. The number of esters is 1. The number of allylic oxidation sites excluding steroid dienone is 11. The first-order valence-corrected chi connectivity index (χ1v) is 36.2. The Kier molecular flexibility index (Phi) is 58.8. The number of hydrogen-bond acceptors (Lipinski definition) is 10. The number of aliphatic hydroxyl groups excluding tert-OH is 5. The minimum Gasteiger partial charge on any atom is -0.454 e. The van der Waals surface area contributed by atoms with E-state index in [0.29, 0.717) is 12.8 Å². The molecule has 0 aliphatic carbocycles. The monoisotopic (exact) mass is 1210 g/mol. The number of amides is 1. The number of ether oxygens (including phenoxy) is 3. The summed E-state index contributed by atoms with van der Waals surface area (Å²) in [6, 6.07) is -1.03. The third kappa shape index (κ3) is 49.0. The lowest BCUT2D eigenvalue weighted by Crippen LogP contribution is -2.61. The van der Waals surface area contributed by atoms with Crippen molar-refractivity contribution in [3.05, 3.63) is 72.9 Å². The zero-order valence-electron chi connectivity index (χ0n) is 55.7. The zero-order valence-corrected chi connectivity index (χ0v) is 55.7. The number of nitrogens with one attached hydrogen (secondary N) is 1. The molecular weight excluding hydrogens is 1070 g/mol. The van der Waals surface area contributed by atoms with Gasteiger partial charge in [0, 0.05) is 6.42 Å². The smallest absolute Gasteiger partial charge is 0.306 e. The van der Waals surface area contributed by atoms with Crippen molar-refractivity contribution in [1.82, 2.24) is 5.32 Å². The van der Waals surface area contributed by atoms with E-state index in [1.165, 1.54) is 173 Å². The Balaban J connectivity index is 2.57. The van der Waals surface area contributed by atoms with Gasteiger partial charge in [-0.15, -0.1) is 0 Å². The second-order valence-electron chi connectivity index (χ2n) is 24.9. The van der Waals surface area contributed by atoms with Gasteiger partial charge in [-0.25, -0.2) is 0 Å². The molecule has 0 aromatic carbocycles. The molecule has 11 nitrogen and oxygen atoms in total. The van der Waals surface area contributed by atoms with Crippen LogP contribution in [0.15, 0.2) is 72.9 Å². The Morgan fingerprint density at radius 2 is 0.837 bits per heavy atom. The molecule has 500 valence electrons. The molecule has 6 N–H and O–H groups in total. The van der Waals surface area contributed by atoms with Crippen molar-refractivity contribution in [2.45, 2.75) is 378 Å². The lowest BCUT2D eigenvalue weighted by Gasteiger charge is -2.41. The molecule has 1 aliphatic rings.